The van der Waals surface area contributed by atoms with Gasteiger partial charge in [-0.15, -0.1) is 0 Å². The van der Waals surface area contributed by atoms with E-state index in [0.717, 1.165) is 38.2 Å². The fraction of sp³-hybridized carbons (Fsp3) is 0.692. The number of hydrogen-bond donors (Lipinski definition) is 3. The molecular formula is C13H22N4O. The van der Waals surface area contributed by atoms with E-state index in [0.29, 0.717) is 11.9 Å². The van der Waals surface area contributed by atoms with Crippen LogP contribution in [0.15, 0.2) is 10.9 Å². The Balaban J connectivity index is 1.93. The minimum absolute atomic E-state index is 0.0683. The lowest BCUT2D eigenvalue weighted by atomic mass is 9.98. The van der Waals surface area contributed by atoms with Gasteiger partial charge in [0.25, 0.3) is 5.56 Å². The number of H-pyrrole nitrogens is 1. The van der Waals surface area contributed by atoms with E-state index in [9.17, 15) is 4.79 Å². The van der Waals surface area contributed by atoms with Crippen LogP contribution in [0.3, 0.4) is 0 Å². The van der Waals surface area contributed by atoms with Gasteiger partial charge in [-0.05, 0) is 38.3 Å². The van der Waals surface area contributed by atoms with E-state index in [1.165, 1.54) is 12.8 Å². The standard InChI is InChI=1S/C13H22N4O/c1-2-3-11-8-12(18)17-13(16-11)15-9-10-4-6-14-7-5-10/h8,10,14H,2-7,9H2,1H3,(H2,15,16,17,18). The Morgan fingerprint density at radius 2 is 2.22 bits per heavy atom. The quantitative estimate of drug-likeness (QED) is 0.733. The lowest BCUT2D eigenvalue weighted by Crippen LogP contribution is -2.31. The van der Waals surface area contributed by atoms with Crippen LogP contribution in [-0.4, -0.2) is 29.6 Å². The van der Waals surface area contributed by atoms with E-state index < -0.39 is 0 Å². The molecule has 0 saturated carbocycles. The molecule has 0 bridgehead atoms. The normalized spacial score (nSPS) is 16.7. The molecule has 100 valence electrons. The monoisotopic (exact) mass is 250 g/mol. The second-order valence-electron chi connectivity index (χ2n) is 4.91. The maximum atomic E-state index is 11.5. The molecule has 1 fully saturated rings. The van der Waals surface area contributed by atoms with E-state index in [4.69, 9.17) is 0 Å². The molecule has 18 heavy (non-hydrogen) atoms. The average Bonchev–Trinajstić information content (AvgIpc) is 2.37. The molecule has 0 radical (unpaired) electrons. The van der Waals surface area contributed by atoms with Crippen molar-refractivity contribution in [3.63, 3.8) is 0 Å². The fourth-order valence-electron chi connectivity index (χ4n) is 2.30. The van der Waals surface area contributed by atoms with Gasteiger partial charge in [0, 0.05) is 18.3 Å². The molecule has 0 unspecified atom stereocenters. The summed E-state index contributed by atoms with van der Waals surface area (Å²) in [4.78, 5) is 18.7. The van der Waals surface area contributed by atoms with Gasteiger partial charge >= 0.3 is 0 Å². The van der Waals surface area contributed by atoms with E-state index in [1.807, 2.05) is 0 Å². The van der Waals surface area contributed by atoms with Crippen molar-refractivity contribution in [2.24, 2.45) is 5.92 Å². The third-order valence-corrected chi connectivity index (χ3v) is 3.32. The van der Waals surface area contributed by atoms with Gasteiger partial charge < -0.3 is 10.6 Å². The van der Waals surface area contributed by atoms with E-state index in [1.54, 1.807) is 6.07 Å². The molecule has 0 atom stereocenters. The van der Waals surface area contributed by atoms with Crippen molar-refractivity contribution < 1.29 is 0 Å². The second-order valence-corrected chi connectivity index (χ2v) is 4.91. The highest BCUT2D eigenvalue weighted by Gasteiger charge is 2.12. The zero-order chi connectivity index (χ0) is 12.8. The molecule has 1 saturated heterocycles. The van der Waals surface area contributed by atoms with Crippen molar-refractivity contribution >= 4 is 5.95 Å². The van der Waals surface area contributed by atoms with Gasteiger partial charge in [0.2, 0.25) is 5.95 Å². The number of nitrogens with one attached hydrogen (secondary N) is 3. The van der Waals surface area contributed by atoms with Crippen LogP contribution < -0.4 is 16.2 Å². The van der Waals surface area contributed by atoms with E-state index in [-0.39, 0.29) is 5.56 Å². The van der Waals surface area contributed by atoms with Crippen LogP contribution in [0.4, 0.5) is 5.95 Å². The molecule has 1 aromatic heterocycles. The summed E-state index contributed by atoms with van der Waals surface area (Å²) in [7, 11) is 0. The SMILES string of the molecule is CCCc1cc(=O)[nH]c(NCC2CCNCC2)n1. The first-order valence-corrected chi connectivity index (χ1v) is 6.82. The van der Waals surface area contributed by atoms with Crippen molar-refractivity contribution in [1.29, 1.82) is 0 Å². The Morgan fingerprint density at radius 1 is 1.44 bits per heavy atom. The van der Waals surface area contributed by atoms with Crippen LogP contribution in [0.2, 0.25) is 0 Å². The third-order valence-electron chi connectivity index (χ3n) is 3.32. The number of nitrogens with zero attached hydrogens (tertiary/aromatic N) is 1. The molecule has 3 N–H and O–H groups in total. The number of rotatable bonds is 5. The molecule has 5 nitrogen and oxygen atoms in total. The van der Waals surface area contributed by atoms with Gasteiger partial charge in [-0.25, -0.2) is 4.98 Å². The van der Waals surface area contributed by atoms with Crippen molar-refractivity contribution in [1.82, 2.24) is 15.3 Å². The van der Waals surface area contributed by atoms with E-state index in [2.05, 4.69) is 27.5 Å². The molecule has 0 aliphatic carbocycles. The van der Waals surface area contributed by atoms with Crippen LogP contribution >= 0.6 is 0 Å². The maximum Gasteiger partial charge on any atom is 0.252 e. The minimum atomic E-state index is -0.0683. The number of anilines is 1. The Hall–Kier alpha value is -1.36. The summed E-state index contributed by atoms with van der Waals surface area (Å²) in [6.07, 6.45) is 4.23. The van der Waals surface area contributed by atoms with Gasteiger partial charge in [0.1, 0.15) is 0 Å². The van der Waals surface area contributed by atoms with Crippen LogP contribution in [-0.2, 0) is 6.42 Å². The first-order valence-electron chi connectivity index (χ1n) is 6.82. The zero-order valence-electron chi connectivity index (χ0n) is 11.0. The number of aromatic amines is 1. The van der Waals surface area contributed by atoms with Gasteiger partial charge in [-0.2, -0.15) is 0 Å². The summed E-state index contributed by atoms with van der Waals surface area (Å²) >= 11 is 0. The Labute approximate surface area is 107 Å². The summed E-state index contributed by atoms with van der Waals surface area (Å²) < 4.78 is 0. The number of piperidine rings is 1. The van der Waals surface area contributed by atoms with Crippen LogP contribution in [0.1, 0.15) is 31.9 Å². The lowest BCUT2D eigenvalue weighted by Gasteiger charge is -2.22. The lowest BCUT2D eigenvalue weighted by molar-refractivity contribution is 0.389. The molecule has 2 heterocycles. The summed E-state index contributed by atoms with van der Waals surface area (Å²) in [6, 6.07) is 1.58. The molecular weight excluding hydrogens is 228 g/mol. The Kier molecular flexibility index (Phi) is 4.75. The highest BCUT2D eigenvalue weighted by molar-refractivity contribution is 5.25. The molecule has 1 aromatic rings. The molecule has 1 aliphatic rings. The van der Waals surface area contributed by atoms with Crippen LogP contribution in [0.5, 0.6) is 0 Å². The van der Waals surface area contributed by atoms with Crippen LogP contribution in [0, 0.1) is 5.92 Å². The van der Waals surface area contributed by atoms with Gasteiger partial charge in [0.05, 0.1) is 0 Å². The number of aromatic nitrogens is 2. The topological polar surface area (TPSA) is 69.8 Å². The summed E-state index contributed by atoms with van der Waals surface area (Å²) in [6.45, 7) is 5.16. The predicted molar refractivity (Wildman–Crippen MR) is 72.9 cm³/mol. The van der Waals surface area contributed by atoms with Crippen molar-refractivity contribution in [3.8, 4) is 0 Å². The molecule has 1 aliphatic heterocycles. The smallest absolute Gasteiger partial charge is 0.252 e. The van der Waals surface area contributed by atoms with Gasteiger partial charge in [-0.1, -0.05) is 13.3 Å². The zero-order valence-corrected chi connectivity index (χ0v) is 11.0. The third kappa shape index (κ3) is 3.84. The molecule has 5 heteroatoms. The van der Waals surface area contributed by atoms with Gasteiger partial charge in [0.15, 0.2) is 0 Å². The molecule has 0 amide bonds. The summed E-state index contributed by atoms with van der Waals surface area (Å²) in [5.74, 6) is 1.29. The molecule has 2 rings (SSSR count). The fourth-order valence-corrected chi connectivity index (χ4v) is 2.30. The minimum Gasteiger partial charge on any atom is -0.355 e. The van der Waals surface area contributed by atoms with Crippen molar-refractivity contribution in [2.45, 2.75) is 32.6 Å². The van der Waals surface area contributed by atoms with Crippen LogP contribution in [0.25, 0.3) is 0 Å². The van der Waals surface area contributed by atoms with E-state index >= 15 is 0 Å². The average molecular weight is 250 g/mol. The first-order chi connectivity index (χ1) is 8.78. The highest BCUT2D eigenvalue weighted by atomic mass is 16.1. The Morgan fingerprint density at radius 3 is 2.94 bits per heavy atom. The predicted octanol–water partition coefficient (Wildman–Crippen LogP) is 1.13. The van der Waals surface area contributed by atoms with Crippen molar-refractivity contribution in [3.05, 3.63) is 22.1 Å². The molecule has 0 spiro atoms. The largest absolute Gasteiger partial charge is 0.355 e. The summed E-state index contributed by atoms with van der Waals surface area (Å²) in [5.41, 5.74) is 0.801. The Bertz CT molecular complexity index is 423. The first kappa shape index (κ1) is 13.1. The maximum absolute atomic E-state index is 11.5. The number of hydrogen-bond acceptors (Lipinski definition) is 4. The molecule has 0 aromatic carbocycles. The van der Waals surface area contributed by atoms with Crippen molar-refractivity contribution in [2.75, 3.05) is 25.0 Å². The van der Waals surface area contributed by atoms with Gasteiger partial charge in [-0.3, -0.25) is 9.78 Å². The second kappa shape index (κ2) is 6.54. The summed E-state index contributed by atoms with van der Waals surface area (Å²) in [5, 5.41) is 6.61. The highest BCUT2D eigenvalue weighted by Crippen LogP contribution is 2.11. The number of aryl methyl sites for hydroxylation is 1.